The molecule has 0 saturated heterocycles. The molecule has 24 heavy (non-hydrogen) atoms. The van der Waals surface area contributed by atoms with E-state index in [2.05, 4.69) is 0 Å². The van der Waals surface area contributed by atoms with E-state index in [4.69, 9.17) is 0 Å². The maximum Gasteiger partial charge on any atom is 0.181 e. The lowest BCUT2D eigenvalue weighted by molar-refractivity contribution is -0.269. The van der Waals surface area contributed by atoms with E-state index in [9.17, 15) is 15.0 Å². The number of aliphatic hydroxyl groups is 1. The molecule has 5 heteroatoms. The van der Waals surface area contributed by atoms with E-state index in [0.717, 1.165) is 22.6 Å². The maximum absolute atomic E-state index is 12.6. The zero-order valence-electron chi connectivity index (χ0n) is 14.5. The van der Waals surface area contributed by atoms with Crippen LogP contribution in [0.5, 0.6) is 5.75 Å². The minimum absolute atomic E-state index is 0.0107. The Bertz CT molecular complexity index is 875. The van der Waals surface area contributed by atoms with Gasteiger partial charge in [-0.15, -0.1) is 5.75 Å². The lowest BCUT2D eigenvalue weighted by Gasteiger charge is -2.31. The monoisotopic (exact) mass is 325 g/mol. The second-order valence-electron chi connectivity index (χ2n) is 6.52. The van der Waals surface area contributed by atoms with Gasteiger partial charge in [0.1, 0.15) is 11.7 Å². The van der Waals surface area contributed by atoms with Gasteiger partial charge >= 0.3 is 0 Å². The van der Waals surface area contributed by atoms with Gasteiger partial charge in [-0.3, -0.25) is 4.79 Å². The molecule has 0 radical (unpaired) electrons. The van der Waals surface area contributed by atoms with E-state index in [1.54, 1.807) is 12.1 Å². The number of hydrogen-bond donors (Lipinski definition) is 1. The first-order chi connectivity index (χ1) is 11.2. The summed E-state index contributed by atoms with van der Waals surface area (Å²) in [6.45, 7) is 3.86. The molecular weight excluding hydrogens is 304 g/mol. The number of ketones is 1. The van der Waals surface area contributed by atoms with Crippen LogP contribution in [0.1, 0.15) is 28.4 Å². The van der Waals surface area contributed by atoms with Crippen molar-refractivity contribution >= 4 is 17.0 Å². The lowest BCUT2D eigenvalue weighted by atomic mass is 9.74. The molecule has 0 aliphatic heterocycles. The Morgan fingerprint density at radius 2 is 1.88 bits per heavy atom. The molecule has 1 atom stereocenters. The standard InChI is InChI=1S/C19H22N2O3/c1-10-8-14(11(2)21(10)5)17-18(23)16(19(17)24)13-7-6-12(20(3)4)9-15(13)22/h6-9,16,22-23H,1-5H3/p-1. The molecule has 1 heterocycles. The fourth-order valence-corrected chi connectivity index (χ4v) is 3.17. The van der Waals surface area contributed by atoms with Crippen LogP contribution in [0.3, 0.4) is 0 Å². The van der Waals surface area contributed by atoms with E-state index >= 15 is 0 Å². The molecule has 0 spiro atoms. The topological polar surface area (TPSA) is 68.5 Å². The number of aliphatic hydroxyl groups excluding tert-OH is 1. The number of benzene rings is 1. The smallest absolute Gasteiger partial charge is 0.181 e. The molecule has 1 unspecified atom stereocenters. The summed E-state index contributed by atoms with van der Waals surface area (Å²) in [5, 5.41) is 22.8. The Kier molecular flexibility index (Phi) is 3.67. The summed E-state index contributed by atoms with van der Waals surface area (Å²) in [5.74, 6) is -1.28. The Balaban J connectivity index is 2.03. The molecule has 1 aromatic heterocycles. The van der Waals surface area contributed by atoms with Crippen LogP contribution in [-0.2, 0) is 11.8 Å². The number of carbonyl (C=O) groups is 1. The third kappa shape index (κ3) is 2.19. The highest BCUT2D eigenvalue weighted by Gasteiger charge is 2.42. The largest absolute Gasteiger partial charge is 0.872 e. The molecule has 126 valence electrons. The highest BCUT2D eigenvalue weighted by molar-refractivity contribution is 6.32. The van der Waals surface area contributed by atoms with Crippen LogP contribution in [0, 0.1) is 13.8 Å². The summed E-state index contributed by atoms with van der Waals surface area (Å²) >= 11 is 0. The molecule has 0 fully saturated rings. The molecule has 1 N–H and O–H groups in total. The second-order valence-corrected chi connectivity index (χ2v) is 6.52. The summed E-state index contributed by atoms with van der Waals surface area (Å²) in [6, 6.07) is 6.80. The Labute approximate surface area is 141 Å². The summed E-state index contributed by atoms with van der Waals surface area (Å²) < 4.78 is 1.97. The normalized spacial score (nSPS) is 17.2. The molecule has 0 bridgehead atoms. The number of nitrogens with zero attached hydrogens (tertiary/aromatic N) is 2. The molecule has 5 nitrogen and oxygen atoms in total. The van der Waals surface area contributed by atoms with Crippen LogP contribution in [0.2, 0.25) is 0 Å². The molecule has 1 aromatic carbocycles. The lowest BCUT2D eigenvalue weighted by Crippen LogP contribution is -2.29. The van der Waals surface area contributed by atoms with Crippen molar-refractivity contribution in [2.45, 2.75) is 19.8 Å². The van der Waals surface area contributed by atoms with Gasteiger partial charge in [-0.1, -0.05) is 6.07 Å². The van der Waals surface area contributed by atoms with Crippen LogP contribution in [0.25, 0.3) is 5.57 Å². The van der Waals surface area contributed by atoms with E-state index < -0.39 is 5.92 Å². The van der Waals surface area contributed by atoms with Crippen LogP contribution < -0.4 is 10.0 Å². The average molecular weight is 325 g/mol. The highest BCUT2D eigenvalue weighted by Crippen LogP contribution is 2.46. The SMILES string of the molecule is Cc1cc(C2=C(O)C(c3ccc(N(C)C)cc3[O-])C2=O)c(C)n1C. The Morgan fingerprint density at radius 3 is 2.33 bits per heavy atom. The van der Waals surface area contributed by atoms with Crippen molar-refractivity contribution in [3.63, 3.8) is 0 Å². The van der Waals surface area contributed by atoms with Crippen LogP contribution in [-0.4, -0.2) is 29.6 Å². The summed E-state index contributed by atoms with van der Waals surface area (Å²) in [4.78, 5) is 14.5. The summed E-state index contributed by atoms with van der Waals surface area (Å²) in [5.41, 5.74) is 4.11. The van der Waals surface area contributed by atoms with Crippen molar-refractivity contribution in [3.05, 3.63) is 52.5 Å². The first-order valence-corrected chi connectivity index (χ1v) is 7.83. The van der Waals surface area contributed by atoms with Crippen molar-refractivity contribution in [1.82, 2.24) is 4.57 Å². The van der Waals surface area contributed by atoms with Gasteiger partial charge < -0.3 is 19.7 Å². The molecule has 0 saturated carbocycles. The van der Waals surface area contributed by atoms with Crippen LogP contribution in [0.15, 0.2) is 30.0 Å². The Hall–Kier alpha value is -2.69. The molecule has 2 aromatic rings. The van der Waals surface area contributed by atoms with Gasteiger partial charge in [-0.05, 0) is 37.6 Å². The van der Waals surface area contributed by atoms with Gasteiger partial charge in [0.15, 0.2) is 5.78 Å². The van der Waals surface area contributed by atoms with Crippen molar-refractivity contribution in [2.75, 3.05) is 19.0 Å². The number of allylic oxidation sites excluding steroid dienone is 2. The number of carbonyl (C=O) groups excluding carboxylic acids is 1. The fraction of sp³-hybridized carbons (Fsp3) is 0.316. The number of hydrogen-bond acceptors (Lipinski definition) is 4. The Morgan fingerprint density at radius 1 is 1.21 bits per heavy atom. The molecule has 1 aliphatic rings. The van der Waals surface area contributed by atoms with Crippen molar-refractivity contribution in [1.29, 1.82) is 0 Å². The van der Waals surface area contributed by atoms with Gasteiger partial charge in [0.05, 0.1) is 5.57 Å². The minimum atomic E-state index is -0.844. The van der Waals surface area contributed by atoms with Gasteiger partial charge in [0.25, 0.3) is 0 Å². The first-order valence-electron chi connectivity index (χ1n) is 7.83. The molecule has 3 rings (SSSR count). The van der Waals surface area contributed by atoms with Crippen molar-refractivity contribution in [2.24, 2.45) is 7.05 Å². The van der Waals surface area contributed by atoms with E-state index in [1.165, 1.54) is 6.07 Å². The van der Waals surface area contributed by atoms with Crippen molar-refractivity contribution in [3.8, 4) is 5.75 Å². The van der Waals surface area contributed by atoms with Gasteiger partial charge in [-0.2, -0.15) is 0 Å². The van der Waals surface area contributed by atoms with E-state index in [0.29, 0.717) is 11.1 Å². The fourth-order valence-electron chi connectivity index (χ4n) is 3.17. The predicted octanol–water partition coefficient (Wildman–Crippen LogP) is 2.42. The highest BCUT2D eigenvalue weighted by atomic mass is 16.3. The van der Waals surface area contributed by atoms with Crippen LogP contribution in [0.4, 0.5) is 5.69 Å². The minimum Gasteiger partial charge on any atom is -0.872 e. The molecule has 0 amide bonds. The third-order valence-electron chi connectivity index (χ3n) is 4.91. The van der Waals surface area contributed by atoms with Crippen molar-refractivity contribution < 1.29 is 15.0 Å². The number of Topliss-reactive ketones (excluding diaryl/α,β-unsaturated/α-hetero) is 1. The van der Waals surface area contributed by atoms with Gasteiger partial charge in [-0.25, -0.2) is 0 Å². The zero-order chi connectivity index (χ0) is 17.8. The average Bonchev–Trinajstić information content (AvgIpc) is 2.77. The summed E-state index contributed by atoms with van der Waals surface area (Å²) in [6.07, 6.45) is 0. The predicted molar refractivity (Wildman–Crippen MR) is 92.4 cm³/mol. The number of rotatable bonds is 3. The molecular formula is C19H21N2O3-. The molecule has 1 aliphatic carbocycles. The third-order valence-corrected chi connectivity index (χ3v) is 4.91. The van der Waals surface area contributed by atoms with Gasteiger partial charge in [0, 0.05) is 43.8 Å². The number of aromatic nitrogens is 1. The zero-order valence-corrected chi connectivity index (χ0v) is 14.5. The first kappa shape index (κ1) is 16.2. The second kappa shape index (κ2) is 5.44. The summed E-state index contributed by atoms with van der Waals surface area (Å²) in [7, 11) is 5.61. The maximum atomic E-state index is 12.6. The van der Waals surface area contributed by atoms with Crippen LogP contribution >= 0.6 is 0 Å². The van der Waals surface area contributed by atoms with E-state index in [1.807, 2.05) is 50.5 Å². The number of anilines is 1. The number of aryl methyl sites for hydroxylation is 1. The van der Waals surface area contributed by atoms with Gasteiger partial charge in [0.2, 0.25) is 0 Å². The quantitative estimate of drug-likeness (QED) is 0.941. The van der Waals surface area contributed by atoms with E-state index in [-0.39, 0.29) is 17.3 Å².